The number of aromatic nitrogens is 3. The van der Waals surface area contributed by atoms with E-state index in [0.29, 0.717) is 16.4 Å². The summed E-state index contributed by atoms with van der Waals surface area (Å²) in [4.78, 5) is 17.4. The van der Waals surface area contributed by atoms with Crippen molar-refractivity contribution in [3.05, 3.63) is 39.2 Å². The third-order valence-corrected chi connectivity index (χ3v) is 9.48. The van der Waals surface area contributed by atoms with Crippen LogP contribution in [0.25, 0.3) is 4.96 Å². The summed E-state index contributed by atoms with van der Waals surface area (Å²) in [6, 6.07) is 0. The van der Waals surface area contributed by atoms with Crippen molar-refractivity contribution in [2.24, 2.45) is 0 Å². The minimum absolute atomic E-state index is 0.0126. The largest absolute Gasteiger partial charge is 0.496 e. The number of hydrogen-bond acceptors (Lipinski definition) is 9. The molecule has 0 bridgehead atoms. The molecule has 0 aliphatic heterocycles. The lowest BCUT2D eigenvalue weighted by molar-refractivity contribution is -0.140. The Morgan fingerprint density at radius 2 is 2.03 bits per heavy atom. The van der Waals surface area contributed by atoms with Gasteiger partial charge in [0.25, 0.3) is 0 Å². The van der Waals surface area contributed by atoms with Gasteiger partial charge in [-0.25, -0.2) is 17.9 Å². The van der Waals surface area contributed by atoms with Crippen molar-refractivity contribution in [3.8, 4) is 0 Å². The van der Waals surface area contributed by atoms with Crippen molar-refractivity contribution in [3.63, 3.8) is 0 Å². The van der Waals surface area contributed by atoms with E-state index in [-0.39, 0.29) is 29.4 Å². The molecule has 1 atom stereocenters. The van der Waals surface area contributed by atoms with Gasteiger partial charge in [0.05, 0.1) is 25.6 Å². The first-order valence-corrected chi connectivity index (χ1v) is 12.1. The van der Waals surface area contributed by atoms with Crippen LogP contribution >= 0.6 is 11.3 Å². The van der Waals surface area contributed by atoms with Crippen LogP contribution in [0.1, 0.15) is 55.4 Å². The van der Waals surface area contributed by atoms with Crippen LogP contribution in [-0.4, -0.2) is 53.1 Å². The molecule has 1 unspecified atom stereocenters. The van der Waals surface area contributed by atoms with Gasteiger partial charge in [-0.3, -0.25) is 4.79 Å². The van der Waals surface area contributed by atoms with E-state index < -0.39 is 26.2 Å². The Kier molecular flexibility index (Phi) is 5.06. The molecule has 31 heavy (non-hydrogen) atoms. The molecule has 0 amide bonds. The number of imidazole rings is 1. The second-order valence-corrected chi connectivity index (χ2v) is 11.6. The first kappa shape index (κ1) is 22.0. The second kappa shape index (κ2) is 7.14. The number of nitrogens with zero attached hydrogens (tertiary/aromatic N) is 3. The van der Waals surface area contributed by atoms with Crippen molar-refractivity contribution in [2.45, 2.75) is 56.3 Å². The fourth-order valence-electron chi connectivity index (χ4n) is 3.89. The lowest BCUT2D eigenvalue weighted by atomic mass is 9.95. The average molecular weight is 468 g/mol. The van der Waals surface area contributed by atoms with Gasteiger partial charge in [-0.05, 0) is 46.1 Å². The molecule has 0 spiro atoms. The third-order valence-electron chi connectivity index (χ3n) is 5.73. The molecule has 2 aromatic heterocycles. The lowest BCUT2D eigenvalue weighted by Gasteiger charge is -2.24. The zero-order valence-electron chi connectivity index (χ0n) is 18.0. The van der Waals surface area contributed by atoms with Gasteiger partial charge in [-0.15, -0.1) is 0 Å². The number of aryl methyl sites for hydroxylation is 1. The minimum atomic E-state index is -4.03. The summed E-state index contributed by atoms with van der Waals surface area (Å²) in [7, 11) is -1.42. The zero-order chi connectivity index (χ0) is 22.8. The van der Waals surface area contributed by atoms with Gasteiger partial charge in [-0.2, -0.15) is 5.10 Å². The molecular formula is C20H25N3O6S2. The van der Waals surface area contributed by atoms with Gasteiger partial charge < -0.3 is 14.6 Å². The number of aliphatic hydroxyl groups is 1. The van der Waals surface area contributed by atoms with Gasteiger partial charge in [0.15, 0.2) is 14.6 Å². The van der Waals surface area contributed by atoms with Gasteiger partial charge in [0, 0.05) is 5.92 Å². The molecule has 0 aromatic carbocycles. The van der Waals surface area contributed by atoms with Crippen LogP contribution in [0.5, 0.6) is 0 Å². The van der Waals surface area contributed by atoms with Crippen LogP contribution < -0.4 is 0 Å². The molecule has 2 aliphatic rings. The molecule has 1 saturated carbocycles. The van der Waals surface area contributed by atoms with E-state index in [2.05, 4.69) is 10.1 Å². The molecule has 2 aromatic rings. The zero-order valence-corrected chi connectivity index (χ0v) is 19.6. The second-order valence-electron chi connectivity index (χ2n) is 8.38. The van der Waals surface area contributed by atoms with Crippen molar-refractivity contribution >= 4 is 32.1 Å². The number of hydrogen-bond donors (Lipinski definition) is 1. The van der Waals surface area contributed by atoms with E-state index in [4.69, 9.17) is 9.47 Å². The molecular weight excluding hydrogens is 442 g/mol. The molecule has 11 heteroatoms. The first-order chi connectivity index (χ1) is 14.5. The molecule has 168 valence electrons. The topological polar surface area (TPSA) is 120 Å². The molecule has 2 heterocycles. The Morgan fingerprint density at radius 1 is 1.35 bits per heavy atom. The van der Waals surface area contributed by atoms with Crippen molar-refractivity contribution < 1.29 is 27.8 Å². The van der Waals surface area contributed by atoms with Crippen LogP contribution in [0.15, 0.2) is 22.8 Å². The highest BCUT2D eigenvalue weighted by molar-refractivity contribution is 7.97. The van der Waals surface area contributed by atoms with Crippen LogP contribution in [0.3, 0.4) is 0 Å². The summed E-state index contributed by atoms with van der Waals surface area (Å²) < 4.78 is 37.2. The highest BCUT2D eigenvalue weighted by atomic mass is 32.2. The molecule has 9 nitrogen and oxygen atoms in total. The highest BCUT2D eigenvalue weighted by Gasteiger charge is 2.63. The highest BCUT2D eigenvalue weighted by Crippen LogP contribution is 2.50. The number of esters is 1. The Hall–Kier alpha value is -2.24. The Balaban J connectivity index is 1.82. The van der Waals surface area contributed by atoms with Crippen molar-refractivity contribution in [1.29, 1.82) is 0 Å². The van der Waals surface area contributed by atoms with Gasteiger partial charge in [0.1, 0.15) is 21.3 Å². The summed E-state index contributed by atoms with van der Waals surface area (Å²) in [5, 5.41) is 15.4. The molecule has 1 fully saturated rings. The van der Waals surface area contributed by atoms with E-state index in [9.17, 15) is 18.3 Å². The fraction of sp³-hybridized carbons (Fsp3) is 0.550. The summed E-state index contributed by atoms with van der Waals surface area (Å²) in [6.07, 6.45) is 4.26. The number of carbonyl (C=O) groups excluding carboxylic acids is 1. The van der Waals surface area contributed by atoms with E-state index in [0.717, 1.165) is 11.4 Å². The predicted molar refractivity (Wildman–Crippen MR) is 114 cm³/mol. The Bertz CT molecular complexity index is 1230. The Morgan fingerprint density at radius 3 is 2.58 bits per heavy atom. The van der Waals surface area contributed by atoms with E-state index in [1.165, 1.54) is 25.6 Å². The lowest BCUT2D eigenvalue weighted by Crippen LogP contribution is -2.35. The number of carbonyl (C=O) groups is 1. The maximum absolute atomic E-state index is 13.5. The number of ether oxygens (including phenoxy) is 2. The standard InChI is InChI=1S/C20H25N3O6S2/c1-11-15(23-18(21-11)30-16(22-23)19(2,3)25)12-6-7-13(28-4)14(10-12)31(26,27)20(8-9-20)17(24)29-5/h7,10,12,25H,6,8-9H2,1-5H3. The quantitative estimate of drug-likeness (QED) is 0.643. The van der Waals surface area contributed by atoms with Crippen LogP contribution in [0, 0.1) is 6.92 Å². The van der Waals surface area contributed by atoms with E-state index >= 15 is 0 Å². The molecule has 0 radical (unpaired) electrons. The van der Waals surface area contributed by atoms with Crippen LogP contribution in [0.2, 0.25) is 0 Å². The van der Waals surface area contributed by atoms with E-state index in [1.54, 1.807) is 30.5 Å². The predicted octanol–water partition coefficient (Wildman–Crippen LogP) is 2.35. The number of sulfone groups is 1. The number of rotatable bonds is 6. The van der Waals surface area contributed by atoms with E-state index in [1.807, 2.05) is 6.92 Å². The molecule has 4 rings (SSSR count). The number of methoxy groups -OCH3 is 2. The summed E-state index contributed by atoms with van der Waals surface area (Å²) in [6.45, 7) is 5.14. The average Bonchev–Trinajstić information content (AvgIpc) is 3.35. The van der Waals surface area contributed by atoms with Crippen molar-refractivity contribution in [1.82, 2.24) is 14.6 Å². The maximum Gasteiger partial charge on any atom is 0.327 e. The number of allylic oxidation sites excluding steroid dienone is 2. The monoisotopic (exact) mass is 467 g/mol. The summed E-state index contributed by atoms with van der Waals surface area (Å²) in [5.41, 5.74) is 0.348. The molecule has 0 saturated heterocycles. The smallest absolute Gasteiger partial charge is 0.327 e. The van der Waals surface area contributed by atoms with Gasteiger partial charge >= 0.3 is 5.97 Å². The molecule has 2 aliphatic carbocycles. The maximum atomic E-state index is 13.5. The van der Waals surface area contributed by atoms with Crippen LogP contribution in [0.4, 0.5) is 0 Å². The van der Waals surface area contributed by atoms with Crippen molar-refractivity contribution in [2.75, 3.05) is 14.2 Å². The fourth-order valence-corrected chi connectivity index (χ4v) is 6.99. The third kappa shape index (κ3) is 3.30. The normalized spacial score (nSPS) is 20.9. The summed E-state index contributed by atoms with van der Waals surface area (Å²) >= 11 is 1.29. The Labute approximate surface area is 184 Å². The van der Waals surface area contributed by atoms with Gasteiger partial charge in [0.2, 0.25) is 4.96 Å². The number of fused-ring (bicyclic) bond motifs is 1. The minimum Gasteiger partial charge on any atom is -0.496 e. The molecule has 1 N–H and O–H groups in total. The summed E-state index contributed by atoms with van der Waals surface area (Å²) in [5.74, 6) is -0.868. The first-order valence-electron chi connectivity index (χ1n) is 9.84. The SMILES string of the molecule is COC(=O)C1(S(=O)(=O)C2=CC(c3c(C)nc4sc(C(C)(C)O)nn34)CC=C2OC)CC1. The van der Waals surface area contributed by atoms with Gasteiger partial charge in [-0.1, -0.05) is 17.4 Å². The van der Waals surface area contributed by atoms with Crippen LogP contribution in [-0.2, 0) is 29.7 Å².